The van der Waals surface area contributed by atoms with Gasteiger partial charge >= 0.3 is 5.69 Å². The lowest BCUT2D eigenvalue weighted by Gasteiger charge is -2.16. The number of hydrogen-bond donors (Lipinski definition) is 2. The van der Waals surface area contributed by atoms with Crippen LogP contribution in [0.3, 0.4) is 0 Å². The molecule has 0 unspecified atom stereocenters. The van der Waals surface area contributed by atoms with E-state index >= 15 is 0 Å². The van der Waals surface area contributed by atoms with Gasteiger partial charge in [-0.2, -0.15) is 0 Å². The summed E-state index contributed by atoms with van der Waals surface area (Å²) in [6.45, 7) is 3.30. The second kappa shape index (κ2) is 7.90. The minimum absolute atomic E-state index is 0.126. The number of carbonyl (C=O) groups excluding carboxylic acids is 1. The molecule has 0 bridgehead atoms. The molecule has 1 atom stereocenters. The van der Waals surface area contributed by atoms with Gasteiger partial charge in [0.25, 0.3) is 5.56 Å². The molecule has 0 radical (unpaired) electrons. The third kappa shape index (κ3) is 4.33. The Balaban J connectivity index is 1.59. The molecule has 3 rings (SSSR count). The molecule has 0 fully saturated rings. The Morgan fingerprint density at radius 2 is 2.00 bits per heavy atom. The van der Waals surface area contributed by atoms with Gasteiger partial charge in [0.2, 0.25) is 5.91 Å². The van der Waals surface area contributed by atoms with Crippen LogP contribution < -0.4 is 26.0 Å². The molecule has 0 spiro atoms. The van der Waals surface area contributed by atoms with Crippen LogP contribution in [-0.4, -0.2) is 28.7 Å². The van der Waals surface area contributed by atoms with Crippen molar-refractivity contribution in [3.8, 4) is 11.5 Å². The maximum absolute atomic E-state index is 12.2. The number of amides is 1. The van der Waals surface area contributed by atoms with Crippen molar-refractivity contribution in [2.45, 2.75) is 32.4 Å². The fourth-order valence-electron chi connectivity index (χ4n) is 2.69. The molecule has 1 amide bonds. The summed E-state index contributed by atoms with van der Waals surface area (Å²) in [5.41, 5.74) is -0.0798. The quantitative estimate of drug-likeness (QED) is 0.828. The zero-order valence-corrected chi connectivity index (χ0v) is 14.5. The van der Waals surface area contributed by atoms with Crippen molar-refractivity contribution >= 4 is 5.91 Å². The molecule has 8 nitrogen and oxygen atoms in total. The molecular weight excluding hydrogens is 338 g/mol. The van der Waals surface area contributed by atoms with E-state index in [1.165, 1.54) is 16.8 Å². The Morgan fingerprint density at radius 3 is 2.77 bits per heavy atom. The van der Waals surface area contributed by atoms with Crippen molar-refractivity contribution in [1.29, 1.82) is 0 Å². The Labute approximate surface area is 149 Å². The molecule has 2 heterocycles. The second-order valence-electron chi connectivity index (χ2n) is 6.10. The molecule has 138 valence electrons. The van der Waals surface area contributed by atoms with Gasteiger partial charge < -0.3 is 19.4 Å². The fourth-order valence-corrected chi connectivity index (χ4v) is 2.69. The Morgan fingerprint density at radius 1 is 1.23 bits per heavy atom. The molecule has 0 aliphatic carbocycles. The van der Waals surface area contributed by atoms with E-state index in [2.05, 4.69) is 10.3 Å². The lowest BCUT2D eigenvalue weighted by molar-refractivity contribution is -0.122. The Hall–Kier alpha value is -3.03. The third-order valence-corrected chi connectivity index (χ3v) is 4.13. The molecule has 1 aromatic carbocycles. The first-order chi connectivity index (χ1) is 12.5. The molecule has 0 saturated heterocycles. The largest absolute Gasteiger partial charge is 0.490 e. The van der Waals surface area contributed by atoms with Crippen molar-refractivity contribution in [1.82, 2.24) is 14.9 Å². The Bertz CT molecular complexity index is 902. The number of rotatable bonds is 5. The third-order valence-electron chi connectivity index (χ3n) is 4.13. The summed E-state index contributed by atoms with van der Waals surface area (Å²) in [7, 11) is 0. The first-order valence-corrected chi connectivity index (χ1v) is 8.51. The SMILES string of the molecule is C[C@H](NC(=O)CCn1ccc(=O)[nH]c1=O)c1ccc2c(c1)OCCCO2. The summed E-state index contributed by atoms with van der Waals surface area (Å²) >= 11 is 0. The van der Waals surface area contributed by atoms with Crippen LogP contribution in [0.2, 0.25) is 0 Å². The summed E-state index contributed by atoms with van der Waals surface area (Å²) in [6, 6.07) is 6.65. The van der Waals surface area contributed by atoms with E-state index in [0.29, 0.717) is 24.7 Å². The van der Waals surface area contributed by atoms with Crippen LogP contribution in [0.25, 0.3) is 0 Å². The standard InChI is InChI=1S/C18H21N3O5/c1-12(13-3-4-14-15(11-13)26-10-2-9-25-14)19-16(22)5-7-21-8-6-17(23)20-18(21)24/h3-4,6,8,11-12H,2,5,7,9-10H2,1H3,(H,19,22)(H,20,23,24)/t12-/m0/s1. The summed E-state index contributed by atoms with van der Waals surface area (Å²) in [5.74, 6) is 1.20. The highest BCUT2D eigenvalue weighted by molar-refractivity contribution is 5.76. The molecule has 1 aliphatic heterocycles. The van der Waals surface area contributed by atoms with Crippen molar-refractivity contribution in [2.24, 2.45) is 0 Å². The van der Waals surface area contributed by atoms with Crippen molar-refractivity contribution in [2.75, 3.05) is 13.2 Å². The first kappa shape index (κ1) is 17.8. The molecule has 1 aromatic heterocycles. The average Bonchev–Trinajstić information content (AvgIpc) is 2.85. The number of nitrogens with one attached hydrogen (secondary N) is 2. The van der Waals surface area contributed by atoms with Gasteiger partial charge in [0.15, 0.2) is 11.5 Å². The number of aryl methyl sites for hydroxylation is 1. The van der Waals surface area contributed by atoms with E-state index in [4.69, 9.17) is 9.47 Å². The summed E-state index contributed by atoms with van der Waals surface area (Å²) in [5, 5.41) is 2.90. The predicted molar refractivity (Wildman–Crippen MR) is 94.5 cm³/mol. The van der Waals surface area contributed by atoms with Crippen LogP contribution in [-0.2, 0) is 11.3 Å². The van der Waals surface area contributed by atoms with Crippen molar-refractivity contribution < 1.29 is 14.3 Å². The fraction of sp³-hybridized carbons (Fsp3) is 0.389. The van der Waals surface area contributed by atoms with Crippen LogP contribution in [0.1, 0.15) is 31.4 Å². The highest BCUT2D eigenvalue weighted by atomic mass is 16.5. The molecule has 1 aliphatic rings. The number of aromatic amines is 1. The van der Waals surface area contributed by atoms with E-state index in [1.807, 2.05) is 25.1 Å². The van der Waals surface area contributed by atoms with Gasteiger partial charge in [0.1, 0.15) is 0 Å². The van der Waals surface area contributed by atoms with Gasteiger partial charge in [-0.25, -0.2) is 4.79 Å². The van der Waals surface area contributed by atoms with Gasteiger partial charge in [0.05, 0.1) is 19.3 Å². The lowest BCUT2D eigenvalue weighted by atomic mass is 10.1. The lowest BCUT2D eigenvalue weighted by Crippen LogP contribution is -2.32. The monoisotopic (exact) mass is 359 g/mol. The summed E-state index contributed by atoms with van der Waals surface area (Å²) in [4.78, 5) is 37.0. The van der Waals surface area contributed by atoms with Crippen LogP contribution in [0, 0.1) is 0 Å². The van der Waals surface area contributed by atoms with Crippen LogP contribution >= 0.6 is 0 Å². The number of nitrogens with zero attached hydrogens (tertiary/aromatic N) is 1. The van der Waals surface area contributed by atoms with Gasteiger partial charge in [0, 0.05) is 31.6 Å². The predicted octanol–water partition coefficient (Wildman–Crippen LogP) is 0.965. The highest BCUT2D eigenvalue weighted by Crippen LogP contribution is 2.32. The molecular formula is C18H21N3O5. The van der Waals surface area contributed by atoms with Crippen molar-refractivity contribution in [3.63, 3.8) is 0 Å². The van der Waals surface area contributed by atoms with E-state index in [0.717, 1.165) is 12.0 Å². The van der Waals surface area contributed by atoms with Crippen molar-refractivity contribution in [3.05, 3.63) is 56.9 Å². The Kier molecular flexibility index (Phi) is 5.40. The molecule has 8 heteroatoms. The molecule has 2 aromatic rings. The normalized spacial score (nSPS) is 14.3. The van der Waals surface area contributed by atoms with E-state index in [-0.39, 0.29) is 24.9 Å². The van der Waals surface area contributed by atoms with E-state index < -0.39 is 11.2 Å². The maximum Gasteiger partial charge on any atom is 0.328 e. The zero-order chi connectivity index (χ0) is 18.5. The van der Waals surface area contributed by atoms with Gasteiger partial charge in [-0.1, -0.05) is 6.07 Å². The molecule has 26 heavy (non-hydrogen) atoms. The van der Waals surface area contributed by atoms with E-state index in [1.54, 1.807) is 0 Å². The van der Waals surface area contributed by atoms with Crippen LogP contribution in [0.15, 0.2) is 40.1 Å². The highest BCUT2D eigenvalue weighted by Gasteiger charge is 2.15. The van der Waals surface area contributed by atoms with Crippen LogP contribution in [0.4, 0.5) is 0 Å². The summed E-state index contributed by atoms with van der Waals surface area (Å²) < 4.78 is 12.6. The maximum atomic E-state index is 12.2. The molecule has 2 N–H and O–H groups in total. The zero-order valence-electron chi connectivity index (χ0n) is 14.5. The number of hydrogen-bond acceptors (Lipinski definition) is 5. The second-order valence-corrected chi connectivity index (χ2v) is 6.10. The van der Waals surface area contributed by atoms with E-state index in [9.17, 15) is 14.4 Å². The number of benzene rings is 1. The molecule has 0 saturated carbocycles. The number of aromatic nitrogens is 2. The van der Waals surface area contributed by atoms with Gasteiger partial charge in [-0.3, -0.25) is 14.6 Å². The number of fused-ring (bicyclic) bond motifs is 1. The van der Waals surface area contributed by atoms with Gasteiger partial charge in [-0.05, 0) is 24.6 Å². The number of ether oxygens (including phenoxy) is 2. The number of H-pyrrole nitrogens is 1. The average molecular weight is 359 g/mol. The smallest absolute Gasteiger partial charge is 0.328 e. The summed E-state index contributed by atoms with van der Waals surface area (Å²) in [6.07, 6.45) is 2.34. The first-order valence-electron chi connectivity index (χ1n) is 8.51. The number of carbonyl (C=O) groups is 1. The minimum atomic E-state index is -0.527. The van der Waals surface area contributed by atoms with Crippen LogP contribution in [0.5, 0.6) is 11.5 Å². The van der Waals surface area contributed by atoms with Gasteiger partial charge in [-0.15, -0.1) is 0 Å². The minimum Gasteiger partial charge on any atom is -0.490 e. The topological polar surface area (TPSA) is 102 Å².